The van der Waals surface area contributed by atoms with Crippen LogP contribution in [0.4, 0.5) is 4.39 Å². The summed E-state index contributed by atoms with van der Waals surface area (Å²) in [4.78, 5) is 25.8. The number of benzene rings is 1. The van der Waals surface area contributed by atoms with Crippen LogP contribution < -0.4 is 10.6 Å². The maximum Gasteiger partial charge on any atom is 0.236 e. The number of carbonyl (C=O) groups is 2. The molecule has 0 aromatic heterocycles. The molecule has 1 aromatic rings. The van der Waals surface area contributed by atoms with Gasteiger partial charge in [0.15, 0.2) is 0 Å². The molecule has 0 saturated carbocycles. The summed E-state index contributed by atoms with van der Waals surface area (Å²) >= 11 is 0. The van der Waals surface area contributed by atoms with Gasteiger partial charge in [0.1, 0.15) is 5.82 Å². The van der Waals surface area contributed by atoms with E-state index in [4.69, 9.17) is 0 Å². The lowest BCUT2D eigenvalue weighted by molar-refractivity contribution is -0.134. The van der Waals surface area contributed by atoms with Gasteiger partial charge in [-0.25, -0.2) is 4.39 Å². The van der Waals surface area contributed by atoms with Gasteiger partial charge in [-0.2, -0.15) is 0 Å². The number of piperidine rings is 1. The van der Waals surface area contributed by atoms with Gasteiger partial charge in [0, 0.05) is 25.6 Å². The summed E-state index contributed by atoms with van der Waals surface area (Å²) < 4.78 is 13.5. The highest BCUT2D eigenvalue weighted by Crippen LogP contribution is 2.18. The fourth-order valence-electron chi connectivity index (χ4n) is 2.73. The van der Waals surface area contributed by atoms with Gasteiger partial charge in [0.05, 0.1) is 6.54 Å². The number of likely N-dealkylation sites (tertiary alicyclic amines) is 1. The number of amides is 2. The van der Waals surface area contributed by atoms with E-state index in [-0.39, 0.29) is 23.5 Å². The van der Waals surface area contributed by atoms with Crippen LogP contribution in [0, 0.1) is 18.7 Å². The minimum Gasteiger partial charge on any atom is -0.352 e. The Balaban J connectivity index is 1.79. The van der Waals surface area contributed by atoms with Crippen LogP contribution in [-0.2, 0) is 16.1 Å². The van der Waals surface area contributed by atoms with Gasteiger partial charge in [-0.05, 0) is 44.0 Å². The van der Waals surface area contributed by atoms with E-state index in [1.807, 2.05) is 6.07 Å². The van der Waals surface area contributed by atoms with Gasteiger partial charge in [-0.1, -0.05) is 12.1 Å². The molecule has 126 valence electrons. The predicted molar refractivity (Wildman–Crippen MR) is 86.2 cm³/mol. The molecule has 5 nitrogen and oxygen atoms in total. The number of nitrogens with zero attached hydrogens (tertiary/aromatic N) is 1. The Labute approximate surface area is 136 Å². The number of aryl methyl sites for hydroxylation is 1. The third kappa shape index (κ3) is 4.76. The van der Waals surface area contributed by atoms with Crippen LogP contribution in [0.3, 0.4) is 0 Å². The van der Waals surface area contributed by atoms with Crippen LogP contribution >= 0.6 is 0 Å². The lowest BCUT2D eigenvalue weighted by Gasteiger charge is -2.31. The molecule has 1 saturated heterocycles. The Morgan fingerprint density at radius 2 is 2.00 bits per heavy atom. The van der Waals surface area contributed by atoms with E-state index in [9.17, 15) is 14.0 Å². The fraction of sp³-hybridized carbons (Fsp3) is 0.529. The van der Waals surface area contributed by atoms with E-state index in [0.29, 0.717) is 44.6 Å². The van der Waals surface area contributed by atoms with Crippen LogP contribution in [0.25, 0.3) is 0 Å². The maximum absolute atomic E-state index is 13.5. The van der Waals surface area contributed by atoms with Crippen molar-refractivity contribution in [2.24, 2.45) is 5.92 Å². The first kappa shape index (κ1) is 17.4. The first-order valence-electron chi connectivity index (χ1n) is 7.96. The summed E-state index contributed by atoms with van der Waals surface area (Å²) in [6.45, 7) is 3.58. The first-order chi connectivity index (χ1) is 11.0. The van der Waals surface area contributed by atoms with E-state index in [0.717, 1.165) is 5.56 Å². The van der Waals surface area contributed by atoms with Crippen LogP contribution in [0.2, 0.25) is 0 Å². The molecule has 23 heavy (non-hydrogen) atoms. The van der Waals surface area contributed by atoms with E-state index >= 15 is 0 Å². The van der Waals surface area contributed by atoms with Crippen molar-refractivity contribution in [1.29, 1.82) is 0 Å². The second-order valence-electron chi connectivity index (χ2n) is 5.99. The molecule has 1 fully saturated rings. The number of likely N-dealkylation sites (N-methyl/N-ethyl adjacent to an activating group) is 1. The normalized spacial score (nSPS) is 15.5. The van der Waals surface area contributed by atoms with E-state index in [1.54, 1.807) is 24.9 Å². The van der Waals surface area contributed by atoms with Crippen LogP contribution in [0.5, 0.6) is 0 Å². The van der Waals surface area contributed by atoms with Crippen molar-refractivity contribution in [3.8, 4) is 0 Å². The third-order valence-electron chi connectivity index (χ3n) is 4.25. The second kappa shape index (κ2) is 8.06. The molecular weight excluding hydrogens is 297 g/mol. The summed E-state index contributed by atoms with van der Waals surface area (Å²) in [5, 5.41) is 5.71. The molecule has 2 amide bonds. The summed E-state index contributed by atoms with van der Waals surface area (Å²) in [6, 6.07) is 4.98. The highest BCUT2D eigenvalue weighted by atomic mass is 19.1. The molecule has 0 radical (unpaired) electrons. The molecule has 1 aliphatic rings. The topological polar surface area (TPSA) is 61.4 Å². The molecule has 1 aromatic carbocycles. The number of hydrogen-bond acceptors (Lipinski definition) is 3. The molecule has 0 spiro atoms. The van der Waals surface area contributed by atoms with Crippen molar-refractivity contribution in [2.75, 3.05) is 26.7 Å². The molecule has 0 unspecified atom stereocenters. The van der Waals surface area contributed by atoms with Crippen molar-refractivity contribution >= 4 is 11.8 Å². The standard InChI is InChI=1S/C17H24FN3O2/c1-12-3-4-13(9-15(12)18)10-20-17(23)14-5-7-21(8-6-14)16(22)11-19-2/h3-4,9,14,19H,5-8,10-11H2,1-2H3,(H,20,23). The molecule has 1 aliphatic heterocycles. The number of rotatable bonds is 5. The Morgan fingerprint density at radius 1 is 1.30 bits per heavy atom. The number of nitrogens with one attached hydrogen (secondary N) is 2. The molecule has 2 N–H and O–H groups in total. The molecule has 0 aliphatic carbocycles. The molecular formula is C17H24FN3O2. The molecule has 2 rings (SSSR count). The molecule has 0 atom stereocenters. The summed E-state index contributed by atoms with van der Waals surface area (Å²) in [6.07, 6.45) is 1.34. The lowest BCUT2D eigenvalue weighted by atomic mass is 9.95. The van der Waals surface area contributed by atoms with Crippen LogP contribution in [0.1, 0.15) is 24.0 Å². The lowest BCUT2D eigenvalue weighted by Crippen LogP contribution is -2.45. The Bertz CT molecular complexity index is 569. The van der Waals surface area contributed by atoms with E-state index in [2.05, 4.69) is 10.6 Å². The highest BCUT2D eigenvalue weighted by Gasteiger charge is 2.26. The molecule has 6 heteroatoms. The van der Waals surface area contributed by atoms with Crippen molar-refractivity contribution < 1.29 is 14.0 Å². The number of hydrogen-bond donors (Lipinski definition) is 2. The zero-order valence-electron chi connectivity index (χ0n) is 13.7. The Morgan fingerprint density at radius 3 is 2.61 bits per heavy atom. The van der Waals surface area contributed by atoms with Crippen molar-refractivity contribution in [3.63, 3.8) is 0 Å². The van der Waals surface area contributed by atoms with Crippen LogP contribution in [0.15, 0.2) is 18.2 Å². The monoisotopic (exact) mass is 321 g/mol. The first-order valence-corrected chi connectivity index (χ1v) is 7.96. The maximum atomic E-state index is 13.5. The summed E-state index contributed by atoms with van der Waals surface area (Å²) in [7, 11) is 1.74. The number of halogens is 1. The molecule has 0 bridgehead atoms. The summed E-state index contributed by atoms with van der Waals surface area (Å²) in [5.74, 6) is -0.287. The Hall–Kier alpha value is -1.95. The van der Waals surface area contributed by atoms with Gasteiger partial charge in [0.2, 0.25) is 11.8 Å². The predicted octanol–water partition coefficient (Wildman–Crippen LogP) is 1.21. The quantitative estimate of drug-likeness (QED) is 0.857. The minimum atomic E-state index is -0.256. The second-order valence-corrected chi connectivity index (χ2v) is 5.99. The van der Waals surface area contributed by atoms with Gasteiger partial charge < -0.3 is 15.5 Å². The van der Waals surface area contributed by atoms with Gasteiger partial charge in [-0.3, -0.25) is 9.59 Å². The van der Waals surface area contributed by atoms with E-state index in [1.165, 1.54) is 6.07 Å². The number of carbonyl (C=O) groups excluding carboxylic acids is 2. The summed E-state index contributed by atoms with van der Waals surface area (Å²) in [5.41, 5.74) is 1.35. The zero-order valence-corrected chi connectivity index (χ0v) is 13.7. The smallest absolute Gasteiger partial charge is 0.236 e. The zero-order chi connectivity index (χ0) is 16.8. The highest BCUT2D eigenvalue weighted by molar-refractivity contribution is 5.80. The minimum absolute atomic E-state index is 0.0216. The largest absolute Gasteiger partial charge is 0.352 e. The van der Waals surface area contributed by atoms with Crippen molar-refractivity contribution in [1.82, 2.24) is 15.5 Å². The molecule has 1 heterocycles. The van der Waals surface area contributed by atoms with Crippen molar-refractivity contribution in [3.05, 3.63) is 35.1 Å². The van der Waals surface area contributed by atoms with Crippen molar-refractivity contribution in [2.45, 2.75) is 26.3 Å². The average Bonchev–Trinajstić information content (AvgIpc) is 2.56. The average molecular weight is 321 g/mol. The van der Waals surface area contributed by atoms with Crippen LogP contribution in [-0.4, -0.2) is 43.4 Å². The van der Waals surface area contributed by atoms with Gasteiger partial charge in [-0.15, -0.1) is 0 Å². The Kier molecular flexibility index (Phi) is 6.10. The SMILES string of the molecule is CNCC(=O)N1CCC(C(=O)NCc2ccc(C)c(F)c2)CC1. The fourth-order valence-corrected chi connectivity index (χ4v) is 2.73. The third-order valence-corrected chi connectivity index (χ3v) is 4.25. The van der Waals surface area contributed by atoms with Gasteiger partial charge in [0.25, 0.3) is 0 Å². The van der Waals surface area contributed by atoms with Gasteiger partial charge >= 0.3 is 0 Å². The van der Waals surface area contributed by atoms with E-state index < -0.39 is 0 Å².